The molecule has 0 fully saturated rings. The average molecular weight is 359 g/mol. The van der Waals surface area contributed by atoms with Crippen LogP contribution in [0.4, 0.5) is 19.2 Å². The first-order chi connectivity index (χ1) is 7.25. The fraction of sp³-hybridized carbons (Fsp3) is 0. The fourth-order valence-corrected chi connectivity index (χ4v) is 0.136. The Morgan fingerprint density at radius 1 is 0.529 bits per heavy atom. The molecule has 0 atom stereocenters. The minimum Gasteiger partial charge on any atom is -0.424 e. The van der Waals surface area contributed by atoms with Gasteiger partial charge in [-0.05, 0) is 0 Å². The summed E-state index contributed by atoms with van der Waals surface area (Å²) >= 11 is 0. The van der Waals surface area contributed by atoms with Crippen molar-refractivity contribution in [2.75, 3.05) is 0 Å². The van der Waals surface area contributed by atoms with Crippen molar-refractivity contribution in [1.29, 1.82) is 0 Å². The summed E-state index contributed by atoms with van der Waals surface area (Å²) in [5.41, 5.74) is 0. The first-order valence-electron chi connectivity index (χ1n) is 2.78. The van der Waals surface area contributed by atoms with Crippen LogP contribution in [0.3, 0.4) is 0 Å². The van der Waals surface area contributed by atoms with E-state index in [1.165, 1.54) is 0 Å². The van der Waals surface area contributed by atoms with Crippen LogP contribution >= 0.6 is 0 Å². The normalized spacial score (nSPS) is 7.06. The first-order valence-corrected chi connectivity index (χ1v) is 2.78. The molecule has 0 unspecified atom stereocenters. The van der Waals surface area contributed by atoms with Crippen molar-refractivity contribution < 1.29 is 59.2 Å². The van der Waals surface area contributed by atoms with E-state index >= 15 is 0 Å². The number of hydrogen-bond donors (Lipinski definition) is 0. The van der Waals surface area contributed by atoms with Crippen molar-refractivity contribution in [1.82, 2.24) is 0 Å². The Morgan fingerprint density at radius 2 is 0.647 bits per heavy atom. The molecule has 0 aliphatic heterocycles. The molecule has 0 bridgehead atoms. The molecule has 0 spiro atoms. The van der Waals surface area contributed by atoms with Gasteiger partial charge >= 0.3 is 23.9 Å². The standard InChI is InChI=1S/2C2H2O6.Sn/c2*3-1(4)7-8-2(5)6;/h2*(H,3,4)(H,5,6);/q;;+4/p-4. The van der Waals surface area contributed by atoms with Gasteiger partial charge in [0, 0.05) is 0 Å². The molecule has 0 aliphatic rings. The fourth-order valence-electron chi connectivity index (χ4n) is 0.136. The monoisotopic (exact) mass is 360 g/mol. The summed E-state index contributed by atoms with van der Waals surface area (Å²) in [6.45, 7) is 0. The Hall–Kier alpha value is -2.12. The molecule has 0 saturated carbocycles. The van der Waals surface area contributed by atoms with E-state index in [-0.39, 0.29) is 23.9 Å². The minimum absolute atomic E-state index is 0. The van der Waals surface area contributed by atoms with Crippen LogP contribution in [0.2, 0.25) is 0 Å². The summed E-state index contributed by atoms with van der Waals surface area (Å²) in [7, 11) is 0. The maximum atomic E-state index is 9.15. The molecule has 0 aliphatic carbocycles. The molecule has 0 N–H and O–H groups in total. The summed E-state index contributed by atoms with van der Waals surface area (Å²) < 4.78 is 0. The molecular formula is C4O12Sn. The maximum absolute atomic E-state index is 9.15. The third-order valence-electron chi connectivity index (χ3n) is 0.355. The van der Waals surface area contributed by atoms with Crippen LogP contribution < -0.4 is 20.4 Å². The van der Waals surface area contributed by atoms with E-state index in [1.54, 1.807) is 0 Å². The third-order valence-corrected chi connectivity index (χ3v) is 0.355. The van der Waals surface area contributed by atoms with E-state index in [0.29, 0.717) is 0 Å². The maximum Gasteiger partial charge on any atom is 4.00 e. The van der Waals surface area contributed by atoms with Crippen LogP contribution in [0.15, 0.2) is 0 Å². The van der Waals surface area contributed by atoms with Crippen LogP contribution in [-0.2, 0) is 19.6 Å². The molecule has 92 valence electrons. The van der Waals surface area contributed by atoms with Crippen molar-refractivity contribution >= 4 is 48.5 Å². The van der Waals surface area contributed by atoms with Gasteiger partial charge in [0.1, 0.15) is 0 Å². The molecule has 0 aromatic rings. The zero-order valence-corrected chi connectivity index (χ0v) is 10.3. The van der Waals surface area contributed by atoms with E-state index in [2.05, 4.69) is 19.6 Å². The van der Waals surface area contributed by atoms with Gasteiger partial charge in [-0.2, -0.15) is 0 Å². The Morgan fingerprint density at radius 3 is 0.706 bits per heavy atom. The van der Waals surface area contributed by atoms with Crippen molar-refractivity contribution in [2.45, 2.75) is 0 Å². The third kappa shape index (κ3) is 31.5. The number of carboxylic acid groups (broad SMARTS) is 4. The quantitative estimate of drug-likeness (QED) is 0.227. The van der Waals surface area contributed by atoms with Gasteiger partial charge in [0.2, 0.25) is 0 Å². The molecule has 0 amide bonds. The van der Waals surface area contributed by atoms with Gasteiger partial charge in [-0.25, -0.2) is 0 Å². The summed E-state index contributed by atoms with van der Waals surface area (Å²) in [5.74, 6) is 0. The molecule has 13 heteroatoms. The zero-order chi connectivity index (χ0) is 13.1. The van der Waals surface area contributed by atoms with Crippen molar-refractivity contribution in [2.24, 2.45) is 0 Å². The summed E-state index contributed by atoms with van der Waals surface area (Å²) in [5, 5.41) is 36.6. The van der Waals surface area contributed by atoms with E-state index in [9.17, 15) is 0 Å². The van der Waals surface area contributed by atoms with Crippen LogP contribution in [-0.4, -0.2) is 48.5 Å². The number of carbonyl (C=O) groups is 4. The molecule has 0 aromatic carbocycles. The molecular weight excluding hydrogens is 359 g/mol. The number of hydrogen-bond acceptors (Lipinski definition) is 12. The summed E-state index contributed by atoms with van der Waals surface area (Å²) in [6.07, 6.45) is -8.35. The van der Waals surface area contributed by atoms with E-state index in [4.69, 9.17) is 39.6 Å². The molecule has 0 radical (unpaired) electrons. The summed E-state index contributed by atoms with van der Waals surface area (Å²) in [6, 6.07) is 0. The summed E-state index contributed by atoms with van der Waals surface area (Å²) in [4.78, 5) is 48.4. The molecule has 0 heterocycles. The van der Waals surface area contributed by atoms with Gasteiger partial charge in [-0.15, -0.1) is 0 Å². The van der Waals surface area contributed by atoms with Crippen molar-refractivity contribution in [3.63, 3.8) is 0 Å². The zero-order valence-electron chi connectivity index (χ0n) is 7.40. The Labute approximate surface area is 108 Å². The van der Waals surface area contributed by atoms with Crippen LogP contribution in [0.5, 0.6) is 0 Å². The molecule has 0 aromatic heterocycles. The Balaban J connectivity index is -0.000000218. The predicted molar refractivity (Wildman–Crippen MR) is 31.7 cm³/mol. The number of carbonyl (C=O) groups excluding carboxylic acids is 4. The van der Waals surface area contributed by atoms with Gasteiger partial charge in [-0.3, -0.25) is 0 Å². The Kier molecular flexibility index (Phi) is 14.3. The minimum atomic E-state index is -2.09. The smallest absolute Gasteiger partial charge is 0.424 e. The average Bonchev–Trinajstić information content (AvgIpc) is 2.12. The van der Waals surface area contributed by atoms with E-state index in [1.807, 2.05) is 0 Å². The SMILES string of the molecule is O=C([O-])OOC(=O)[O-].O=C([O-])OOC(=O)[O-].[Sn+4]. The largest absolute Gasteiger partial charge is 4.00 e. The van der Waals surface area contributed by atoms with Crippen LogP contribution in [0.25, 0.3) is 0 Å². The van der Waals surface area contributed by atoms with Crippen LogP contribution in [0, 0.1) is 0 Å². The van der Waals surface area contributed by atoms with Gasteiger partial charge < -0.3 is 59.2 Å². The van der Waals surface area contributed by atoms with Crippen molar-refractivity contribution in [3.05, 3.63) is 0 Å². The topological polar surface area (TPSA) is 197 Å². The second-order valence-corrected chi connectivity index (χ2v) is 1.33. The first kappa shape index (κ1) is 20.3. The molecule has 0 saturated heterocycles. The molecule has 0 rings (SSSR count). The number of rotatable bonds is 0. The van der Waals surface area contributed by atoms with Gasteiger partial charge in [0.05, 0.1) is 0 Å². The van der Waals surface area contributed by atoms with Gasteiger partial charge in [-0.1, -0.05) is 0 Å². The van der Waals surface area contributed by atoms with E-state index in [0.717, 1.165) is 0 Å². The van der Waals surface area contributed by atoms with Gasteiger partial charge in [0.15, 0.2) is 0 Å². The Bertz CT molecular complexity index is 216. The van der Waals surface area contributed by atoms with Gasteiger partial charge in [0.25, 0.3) is 24.6 Å². The molecule has 12 nitrogen and oxygen atoms in total. The second kappa shape index (κ2) is 12.0. The predicted octanol–water partition coefficient (Wildman–Crippen LogP) is -5.14. The van der Waals surface area contributed by atoms with E-state index < -0.39 is 24.6 Å². The van der Waals surface area contributed by atoms with Crippen molar-refractivity contribution in [3.8, 4) is 0 Å². The van der Waals surface area contributed by atoms with Crippen LogP contribution in [0.1, 0.15) is 0 Å². The second-order valence-electron chi connectivity index (χ2n) is 1.33. The molecule has 17 heavy (non-hydrogen) atoms.